The van der Waals surface area contributed by atoms with Gasteiger partial charge >= 0.3 is 6.18 Å². The van der Waals surface area contributed by atoms with Gasteiger partial charge in [-0.1, -0.05) is 47.5 Å². The number of para-hydroxylation sites is 1. The van der Waals surface area contributed by atoms with Gasteiger partial charge in [-0.2, -0.15) is 13.2 Å². The van der Waals surface area contributed by atoms with Crippen LogP contribution in [-0.4, -0.2) is 36.8 Å². The van der Waals surface area contributed by atoms with Crippen LogP contribution in [0.4, 0.5) is 18.9 Å². The van der Waals surface area contributed by atoms with Crippen molar-refractivity contribution in [3.8, 4) is 0 Å². The highest BCUT2D eigenvalue weighted by atomic mass is 35.5. The van der Waals surface area contributed by atoms with E-state index < -0.39 is 31.3 Å². The minimum absolute atomic E-state index is 0.0295. The van der Waals surface area contributed by atoms with E-state index in [0.717, 1.165) is 12.8 Å². The Hall–Kier alpha value is -3.01. The second-order valence-corrected chi connectivity index (χ2v) is 9.27. The zero-order valence-electron chi connectivity index (χ0n) is 19.0. The minimum Gasteiger partial charge on any atom is -0.353 e. The number of ether oxygens (including phenoxy) is 1. The molecule has 1 unspecified atom stereocenters. The molecule has 1 aliphatic heterocycles. The van der Waals surface area contributed by atoms with Crippen LogP contribution in [0.1, 0.15) is 24.8 Å². The number of benzene rings is 2. The molecule has 4 rings (SSSR count). The van der Waals surface area contributed by atoms with Gasteiger partial charge in [-0.3, -0.25) is 10.5 Å². The normalized spacial score (nSPS) is 19.3. The van der Waals surface area contributed by atoms with Crippen LogP contribution >= 0.6 is 23.2 Å². The van der Waals surface area contributed by atoms with Crippen molar-refractivity contribution in [1.82, 2.24) is 5.32 Å². The number of rotatable bonds is 8. The summed E-state index contributed by atoms with van der Waals surface area (Å²) in [6.45, 7) is -0.635. The predicted molar refractivity (Wildman–Crippen MR) is 133 cm³/mol. The fourth-order valence-corrected chi connectivity index (χ4v) is 3.84. The predicted octanol–water partition coefficient (Wildman–Crippen LogP) is 3.77. The Morgan fingerprint density at radius 3 is 2.44 bits per heavy atom. The number of amides is 1. The first-order chi connectivity index (χ1) is 17.1. The molecule has 0 bridgehead atoms. The van der Waals surface area contributed by atoms with Gasteiger partial charge in [0.15, 0.2) is 0 Å². The Morgan fingerprint density at radius 1 is 1.11 bits per heavy atom. The third-order valence-corrected chi connectivity index (χ3v) is 6.12. The number of hydrogen-bond donors (Lipinski definition) is 4. The number of hydrogen-bond acceptors (Lipinski definition) is 4. The van der Waals surface area contributed by atoms with E-state index >= 15 is 0 Å². The molecule has 2 aromatic carbocycles. The van der Waals surface area contributed by atoms with Crippen LogP contribution < -0.4 is 21.4 Å². The minimum atomic E-state index is -4.39. The van der Waals surface area contributed by atoms with Gasteiger partial charge in [0.25, 0.3) is 11.7 Å². The molecule has 11 heteroatoms. The van der Waals surface area contributed by atoms with Gasteiger partial charge < -0.3 is 15.4 Å². The molecule has 1 heterocycles. The molecule has 0 spiro atoms. The van der Waals surface area contributed by atoms with Crippen LogP contribution in [0.15, 0.2) is 65.8 Å². The molecule has 0 saturated heterocycles. The molecule has 1 saturated carbocycles. The monoisotopic (exact) mass is 539 g/mol. The summed E-state index contributed by atoms with van der Waals surface area (Å²) >= 11 is 12.4. The largest absolute Gasteiger partial charge is 0.391 e. The number of amidine groups is 1. The summed E-state index contributed by atoms with van der Waals surface area (Å²) < 4.78 is 43.5. The number of halogens is 5. The lowest BCUT2D eigenvalue weighted by molar-refractivity contribution is -0.550. The highest BCUT2D eigenvalue weighted by molar-refractivity contribution is 6.33. The highest BCUT2D eigenvalue weighted by Gasteiger charge is 2.35. The Balaban J connectivity index is 1.76. The zero-order chi connectivity index (χ0) is 25.9. The number of alkyl halides is 3. The van der Waals surface area contributed by atoms with Crippen LogP contribution in [0.25, 0.3) is 5.70 Å². The molecule has 1 amide bonds. The maximum atomic E-state index is 13.0. The van der Waals surface area contributed by atoms with Crippen LogP contribution in [0, 0.1) is 0 Å². The van der Waals surface area contributed by atoms with Gasteiger partial charge in [0.1, 0.15) is 0 Å². The van der Waals surface area contributed by atoms with Gasteiger partial charge in [-0.15, -0.1) is 0 Å². The van der Waals surface area contributed by atoms with Crippen molar-refractivity contribution in [3.63, 3.8) is 0 Å². The molecule has 1 atom stereocenters. The fraction of sp³-hybridized carbons (Fsp3) is 0.280. The maximum absolute atomic E-state index is 13.0. The lowest BCUT2D eigenvalue weighted by Crippen LogP contribution is -2.85. The number of nitrogens with two attached hydrogens (primary N) is 1. The topological polar surface area (TPSA) is 90.3 Å². The quantitative estimate of drug-likeness (QED) is 0.411. The highest BCUT2D eigenvalue weighted by Crippen LogP contribution is 2.30. The average Bonchev–Trinajstić information content (AvgIpc) is 3.63. The van der Waals surface area contributed by atoms with Crippen molar-refractivity contribution in [2.75, 3.05) is 11.9 Å². The second-order valence-electron chi connectivity index (χ2n) is 8.42. The summed E-state index contributed by atoms with van der Waals surface area (Å²) in [4.78, 5) is 15.9. The van der Waals surface area contributed by atoms with Crippen molar-refractivity contribution in [2.45, 2.75) is 37.7 Å². The molecule has 36 heavy (non-hydrogen) atoms. The molecule has 5 N–H and O–H groups in total. The van der Waals surface area contributed by atoms with E-state index in [0.29, 0.717) is 32.6 Å². The van der Waals surface area contributed by atoms with E-state index in [2.05, 4.69) is 15.6 Å². The van der Waals surface area contributed by atoms with Crippen LogP contribution in [0.3, 0.4) is 0 Å². The Morgan fingerprint density at radius 2 is 1.81 bits per heavy atom. The molecule has 0 radical (unpaired) electrons. The molecule has 2 aliphatic rings. The Kier molecular flexibility index (Phi) is 7.92. The van der Waals surface area contributed by atoms with Gasteiger partial charge in [0, 0.05) is 11.1 Å². The number of carbonyl (C=O) groups excluding carboxylic acids is 1. The van der Waals surface area contributed by atoms with Crippen molar-refractivity contribution in [1.29, 1.82) is 0 Å². The summed E-state index contributed by atoms with van der Waals surface area (Å²) in [6.07, 6.45) is -3.50. The van der Waals surface area contributed by atoms with Gasteiger partial charge in [0.2, 0.25) is 6.23 Å². The third kappa shape index (κ3) is 6.81. The van der Waals surface area contributed by atoms with Crippen molar-refractivity contribution in [3.05, 3.63) is 81.4 Å². The van der Waals surface area contributed by atoms with Crippen molar-refractivity contribution < 1.29 is 27.7 Å². The molecule has 0 aromatic heterocycles. The van der Waals surface area contributed by atoms with Gasteiger partial charge in [-0.25, -0.2) is 4.99 Å². The van der Waals surface area contributed by atoms with Crippen LogP contribution in [-0.2, 0) is 9.53 Å². The summed E-state index contributed by atoms with van der Waals surface area (Å²) in [5.41, 5.74) is 8.64. The first-order valence-electron chi connectivity index (χ1n) is 11.2. The van der Waals surface area contributed by atoms with E-state index in [4.69, 9.17) is 33.7 Å². The van der Waals surface area contributed by atoms with E-state index in [-0.39, 0.29) is 17.5 Å². The summed E-state index contributed by atoms with van der Waals surface area (Å²) in [6, 6.07) is 14.1. The third-order valence-electron chi connectivity index (χ3n) is 5.54. The molecule has 1 fully saturated rings. The molecular weight excluding hydrogens is 516 g/mol. The first-order valence-corrected chi connectivity index (χ1v) is 12.0. The van der Waals surface area contributed by atoms with Crippen molar-refractivity contribution >= 4 is 46.3 Å². The Bertz CT molecular complexity index is 1220. The first kappa shape index (κ1) is 26.1. The lowest BCUT2D eigenvalue weighted by Gasteiger charge is -2.22. The molecule has 2 aromatic rings. The summed E-state index contributed by atoms with van der Waals surface area (Å²) in [7, 11) is 0. The molecule has 6 nitrogen and oxygen atoms in total. The smallest absolute Gasteiger partial charge is 0.353 e. The van der Waals surface area contributed by atoms with Crippen molar-refractivity contribution in [2.24, 2.45) is 5.73 Å². The summed E-state index contributed by atoms with van der Waals surface area (Å²) in [5, 5.41) is 7.11. The standard InChI is InChI=1S/C25H23Cl2F3N4O2/c26-15-7-5-14(6-8-15)21(33-20-4-2-1-3-19(20)27)17-13-18(23(35)32-16-9-10-16)24(34-22(17)31)36-12-11-25(28,29)30/h1-8,13,16,24,33H,9-12H2,(H2,31,34)(H,32,35)/p+1/b21-17-. The number of anilines is 1. The molecule has 190 valence electrons. The van der Waals surface area contributed by atoms with Gasteiger partial charge in [0.05, 0.1) is 40.6 Å². The molecular formula is C25H24Cl2F3N4O2+. The van der Waals surface area contributed by atoms with E-state index in [1.165, 1.54) is 6.08 Å². The number of carbonyl (C=O) groups is 1. The second kappa shape index (κ2) is 10.9. The number of nitrogens with one attached hydrogen (secondary N) is 3. The Labute approximate surface area is 216 Å². The van der Waals surface area contributed by atoms with E-state index in [1.807, 2.05) is 0 Å². The van der Waals surface area contributed by atoms with Gasteiger partial charge in [-0.05, 0) is 48.7 Å². The zero-order valence-corrected chi connectivity index (χ0v) is 20.5. The SMILES string of the molecule is NC1=[NH+]C(OCCC(F)(F)F)C(C(=O)NC2CC2)=C/C1=C(/Nc1ccccc1Cl)c1ccc(Cl)cc1. The van der Waals surface area contributed by atoms with E-state index in [1.54, 1.807) is 48.5 Å². The fourth-order valence-electron chi connectivity index (χ4n) is 3.53. The molecule has 1 aliphatic carbocycles. The van der Waals surface area contributed by atoms with E-state index in [9.17, 15) is 18.0 Å². The van der Waals surface area contributed by atoms with Crippen LogP contribution in [0.5, 0.6) is 0 Å². The summed E-state index contributed by atoms with van der Waals surface area (Å²) in [5.74, 6) is -0.334. The maximum Gasteiger partial charge on any atom is 0.391 e. The lowest BCUT2D eigenvalue weighted by atomic mass is 9.99. The van der Waals surface area contributed by atoms with Crippen LogP contribution in [0.2, 0.25) is 10.0 Å². The average molecular weight is 540 g/mol.